The Morgan fingerprint density at radius 1 is 1.16 bits per heavy atom. The molecule has 1 saturated heterocycles. The molecule has 3 heterocycles. The fourth-order valence-electron chi connectivity index (χ4n) is 5.12. The Morgan fingerprint density at radius 3 is 2.56 bits per heavy atom. The maximum absolute atomic E-state index is 13.3. The molecule has 0 saturated carbocycles. The van der Waals surface area contributed by atoms with E-state index >= 15 is 0 Å². The largest absolute Gasteiger partial charge is 0.356 e. The molecule has 2 aliphatic rings. The zero-order valence-corrected chi connectivity index (χ0v) is 19.7. The Balaban J connectivity index is 1.42. The highest BCUT2D eigenvalue weighted by Crippen LogP contribution is 2.38. The van der Waals surface area contributed by atoms with Crippen LogP contribution in [0.5, 0.6) is 0 Å². The number of halogens is 3. The fourth-order valence-corrected chi connectivity index (χ4v) is 5.29. The van der Waals surface area contributed by atoms with Crippen LogP contribution in [0.25, 0.3) is 10.9 Å². The SMILES string of the molecule is CC(C)C[C@H]1c2[nH]c3ccc(Cl)cc3c2CCN1C(=O)CCN1CCN(CC(F)F)CC1. The van der Waals surface area contributed by atoms with Crippen molar-refractivity contribution in [3.05, 3.63) is 34.5 Å². The Morgan fingerprint density at radius 2 is 1.88 bits per heavy atom. The van der Waals surface area contributed by atoms with E-state index in [4.69, 9.17) is 11.6 Å². The number of benzene rings is 1. The van der Waals surface area contributed by atoms with E-state index in [2.05, 4.69) is 23.7 Å². The molecule has 1 aromatic carbocycles. The summed E-state index contributed by atoms with van der Waals surface area (Å²) < 4.78 is 25.2. The van der Waals surface area contributed by atoms with Gasteiger partial charge in [0.1, 0.15) is 0 Å². The van der Waals surface area contributed by atoms with Gasteiger partial charge in [-0.05, 0) is 42.5 Å². The monoisotopic (exact) mass is 466 g/mol. The predicted octanol–water partition coefficient (Wildman–Crippen LogP) is 4.57. The number of hydrogen-bond donors (Lipinski definition) is 1. The van der Waals surface area contributed by atoms with Crippen molar-refractivity contribution in [3.63, 3.8) is 0 Å². The first kappa shape index (κ1) is 23.5. The minimum atomic E-state index is -2.29. The van der Waals surface area contributed by atoms with E-state index in [0.717, 1.165) is 47.6 Å². The molecule has 1 N–H and O–H groups in total. The molecule has 8 heteroatoms. The van der Waals surface area contributed by atoms with Crippen LogP contribution >= 0.6 is 11.6 Å². The fraction of sp³-hybridized carbons (Fsp3) is 0.625. The highest BCUT2D eigenvalue weighted by Gasteiger charge is 2.33. The second-order valence-corrected chi connectivity index (χ2v) is 9.91. The number of piperazine rings is 1. The van der Waals surface area contributed by atoms with Gasteiger partial charge in [0.05, 0.1) is 12.6 Å². The van der Waals surface area contributed by atoms with E-state index < -0.39 is 6.43 Å². The highest BCUT2D eigenvalue weighted by atomic mass is 35.5. The van der Waals surface area contributed by atoms with Gasteiger partial charge in [-0.25, -0.2) is 8.78 Å². The third-order valence-electron chi connectivity index (χ3n) is 6.73. The lowest BCUT2D eigenvalue weighted by molar-refractivity contribution is -0.135. The average Bonchev–Trinajstić information content (AvgIpc) is 3.11. The molecule has 2 aromatic rings. The minimum absolute atomic E-state index is 0.0420. The average molecular weight is 467 g/mol. The number of H-pyrrole nitrogens is 1. The summed E-state index contributed by atoms with van der Waals surface area (Å²) >= 11 is 6.24. The lowest BCUT2D eigenvalue weighted by atomic mass is 9.91. The number of nitrogens with one attached hydrogen (secondary N) is 1. The number of hydrogen-bond acceptors (Lipinski definition) is 3. The zero-order valence-electron chi connectivity index (χ0n) is 18.9. The Hall–Kier alpha value is -1.70. The summed E-state index contributed by atoms with van der Waals surface area (Å²) in [6.07, 6.45) is -0.0932. The lowest BCUT2D eigenvalue weighted by Crippen LogP contribution is -2.49. The molecule has 1 atom stereocenters. The number of aromatic amines is 1. The standard InChI is InChI=1S/C24H33ClF2N4O/c1-16(2)13-21-24-18(19-14-17(25)3-4-20(19)28-24)5-8-31(21)23(32)6-7-29-9-11-30(12-10-29)15-22(26)27/h3-4,14,16,21-22,28H,5-13,15H2,1-2H3/t21-/m0/s1. The van der Waals surface area contributed by atoms with Crippen molar-refractivity contribution in [1.29, 1.82) is 0 Å². The third kappa shape index (κ3) is 5.26. The van der Waals surface area contributed by atoms with Gasteiger partial charge in [-0.3, -0.25) is 9.69 Å². The van der Waals surface area contributed by atoms with Crippen molar-refractivity contribution in [1.82, 2.24) is 19.7 Å². The first-order valence-corrected chi connectivity index (χ1v) is 12.0. The summed E-state index contributed by atoms with van der Waals surface area (Å²) in [6.45, 7) is 8.37. The van der Waals surface area contributed by atoms with Gasteiger partial charge < -0.3 is 14.8 Å². The molecule has 176 valence electrons. The van der Waals surface area contributed by atoms with Gasteiger partial charge in [0.25, 0.3) is 6.43 Å². The Kier molecular flexibility index (Phi) is 7.37. The molecular weight excluding hydrogens is 434 g/mol. The summed E-state index contributed by atoms with van der Waals surface area (Å²) in [5.41, 5.74) is 3.51. The number of carbonyl (C=O) groups is 1. The van der Waals surface area contributed by atoms with Crippen molar-refractivity contribution in [3.8, 4) is 0 Å². The quantitative estimate of drug-likeness (QED) is 0.650. The summed E-state index contributed by atoms with van der Waals surface area (Å²) in [4.78, 5) is 22.9. The van der Waals surface area contributed by atoms with Crippen LogP contribution in [-0.2, 0) is 11.2 Å². The van der Waals surface area contributed by atoms with E-state index in [1.807, 2.05) is 23.1 Å². The van der Waals surface area contributed by atoms with Crippen LogP contribution in [0.1, 0.15) is 44.0 Å². The number of fused-ring (bicyclic) bond motifs is 3. The van der Waals surface area contributed by atoms with Crippen LogP contribution in [0, 0.1) is 5.92 Å². The van der Waals surface area contributed by atoms with Gasteiger partial charge in [0.2, 0.25) is 5.91 Å². The van der Waals surface area contributed by atoms with Crippen LogP contribution in [-0.4, -0.2) is 77.8 Å². The van der Waals surface area contributed by atoms with Gasteiger partial charge in [0, 0.05) is 67.3 Å². The van der Waals surface area contributed by atoms with Gasteiger partial charge in [-0.1, -0.05) is 25.4 Å². The Labute approximate surface area is 193 Å². The van der Waals surface area contributed by atoms with Crippen molar-refractivity contribution >= 4 is 28.4 Å². The molecule has 0 aliphatic carbocycles. The molecule has 5 nitrogen and oxygen atoms in total. The number of nitrogens with zero attached hydrogens (tertiary/aromatic N) is 3. The van der Waals surface area contributed by atoms with Crippen molar-refractivity contribution in [2.24, 2.45) is 5.92 Å². The molecule has 1 aromatic heterocycles. The van der Waals surface area contributed by atoms with E-state index in [1.165, 1.54) is 5.56 Å². The third-order valence-corrected chi connectivity index (χ3v) is 6.97. The van der Waals surface area contributed by atoms with Crippen LogP contribution in [0.3, 0.4) is 0 Å². The van der Waals surface area contributed by atoms with Gasteiger partial charge >= 0.3 is 0 Å². The normalized spacial score (nSPS) is 20.5. The van der Waals surface area contributed by atoms with Crippen LogP contribution < -0.4 is 0 Å². The molecule has 0 bridgehead atoms. The number of carbonyl (C=O) groups excluding carboxylic acids is 1. The topological polar surface area (TPSA) is 42.6 Å². The first-order valence-electron chi connectivity index (χ1n) is 11.6. The maximum atomic E-state index is 13.3. The van der Waals surface area contributed by atoms with Crippen molar-refractivity contribution in [2.75, 3.05) is 45.8 Å². The molecule has 2 aliphatic heterocycles. The van der Waals surface area contributed by atoms with Gasteiger partial charge in [-0.15, -0.1) is 0 Å². The summed E-state index contributed by atoms with van der Waals surface area (Å²) in [5, 5.41) is 1.89. The Bertz CT molecular complexity index is 939. The predicted molar refractivity (Wildman–Crippen MR) is 124 cm³/mol. The molecule has 1 fully saturated rings. The second kappa shape index (κ2) is 10.1. The molecule has 32 heavy (non-hydrogen) atoms. The summed E-state index contributed by atoms with van der Waals surface area (Å²) in [7, 11) is 0. The van der Waals surface area contributed by atoms with Crippen LogP contribution in [0.2, 0.25) is 5.02 Å². The molecule has 0 spiro atoms. The van der Waals surface area contributed by atoms with E-state index in [0.29, 0.717) is 38.5 Å². The number of amides is 1. The molecule has 1 amide bonds. The smallest absolute Gasteiger partial charge is 0.251 e. The molecule has 0 radical (unpaired) electrons. The number of rotatable bonds is 7. The second-order valence-electron chi connectivity index (χ2n) is 9.47. The number of alkyl halides is 2. The molecular formula is C24H33ClF2N4O. The first-order chi connectivity index (χ1) is 15.3. The lowest BCUT2D eigenvalue weighted by Gasteiger charge is -2.38. The molecule has 0 unspecified atom stereocenters. The zero-order chi connectivity index (χ0) is 22.8. The summed E-state index contributed by atoms with van der Waals surface area (Å²) in [6, 6.07) is 5.97. The maximum Gasteiger partial charge on any atom is 0.251 e. The highest BCUT2D eigenvalue weighted by molar-refractivity contribution is 6.31. The minimum Gasteiger partial charge on any atom is -0.356 e. The van der Waals surface area contributed by atoms with Gasteiger partial charge in [0.15, 0.2) is 0 Å². The number of aromatic nitrogens is 1. The van der Waals surface area contributed by atoms with Crippen LogP contribution in [0.4, 0.5) is 8.78 Å². The van der Waals surface area contributed by atoms with E-state index in [9.17, 15) is 13.6 Å². The molecule has 4 rings (SSSR count). The summed E-state index contributed by atoms with van der Waals surface area (Å²) in [5.74, 6) is 0.632. The van der Waals surface area contributed by atoms with E-state index in [-0.39, 0.29) is 18.5 Å². The van der Waals surface area contributed by atoms with E-state index in [1.54, 1.807) is 4.90 Å². The van der Waals surface area contributed by atoms with Crippen molar-refractivity contribution < 1.29 is 13.6 Å². The van der Waals surface area contributed by atoms with Crippen LogP contribution in [0.15, 0.2) is 18.2 Å². The van der Waals surface area contributed by atoms with Gasteiger partial charge in [-0.2, -0.15) is 0 Å². The van der Waals surface area contributed by atoms with Crippen molar-refractivity contribution in [2.45, 2.75) is 45.6 Å².